The Balaban J connectivity index is 1.99. The lowest BCUT2D eigenvalue weighted by Gasteiger charge is -2.00. The van der Waals surface area contributed by atoms with Crippen LogP contribution in [0.5, 0.6) is 5.75 Å². The van der Waals surface area contributed by atoms with Crippen LogP contribution in [0.4, 0.5) is 11.6 Å². The van der Waals surface area contributed by atoms with E-state index in [4.69, 9.17) is 4.42 Å². The van der Waals surface area contributed by atoms with Gasteiger partial charge in [0.1, 0.15) is 5.58 Å². The van der Waals surface area contributed by atoms with E-state index in [-0.39, 0.29) is 28.1 Å². The molecular formula is C13H11N5O4S. The van der Waals surface area contributed by atoms with Gasteiger partial charge in [0.25, 0.3) is 5.95 Å². The molecule has 2 N–H and O–H groups in total. The van der Waals surface area contributed by atoms with Gasteiger partial charge in [-0.05, 0) is 12.1 Å². The number of H-pyrrole nitrogens is 1. The second kappa shape index (κ2) is 6.08. The standard InChI is InChI=1S/C13H11N5O4S/c1-2-23(21)13-14-12(17-18-13)16-15-9-10(19)7-5-3-4-6-8(7)22-11(9)20/h3-6,19H,2H2,1H3,(H,14,17,18). The zero-order valence-corrected chi connectivity index (χ0v) is 12.7. The Morgan fingerprint density at radius 3 is 2.91 bits per heavy atom. The van der Waals surface area contributed by atoms with Crippen molar-refractivity contribution in [1.82, 2.24) is 15.2 Å². The topological polar surface area (TPSA) is 134 Å². The van der Waals surface area contributed by atoms with Crippen molar-refractivity contribution in [1.29, 1.82) is 0 Å². The molecule has 1 atom stereocenters. The summed E-state index contributed by atoms with van der Waals surface area (Å²) in [6.07, 6.45) is 0. The number of aromatic hydroxyl groups is 1. The molecule has 118 valence electrons. The third-order valence-corrected chi connectivity index (χ3v) is 4.07. The number of para-hydroxylation sites is 1. The van der Waals surface area contributed by atoms with Crippen molar-refractivity contribution in [2.75, 3.05) is 5.75 Å². The SMILES string of the molecule is CCS(=O)c1nc(N=Nc2c(O)c3ccccc3oc2=O)n[nH]1. The lowest BCUT2D eigenvalue weighted by Crippen LogP contribution is -1.98. The van der Waals surface area contributed by atoms with Gasteiger partial charge in [0, 0.05) is 5.75 Å². The molecule has 0 fully saturated rings. The number of hydrogen-bond donors (Lipinski definition) is 2. The molecule has 0 aliphatic heterocycles. The molecule has 23 heavy (non-hydrogen) atoms. The van der Waals surface area contributed by atoms with E-state index in [0.717, 1.165) is 0 Å². The number of rotatable bonds is 4. The monoisotopic (exact) mass is 333 g/mol. The second-order valence-electron chi connectivity index (χ2n) is 4.36. The molecule has 0 spiro atoms. The summed E-state index contributed by atoms with van der Waals surface area (Å²) in [5.41, 5.74) is -0.947. The highest BCUT2D eigenvalue weighted by atomic mass is 32.2. The molecule has 0 saturated carbocycles. The number of aromatic amines is 1. The minimum atomic E-state index is -1.31. The van der Waals surface area contributed by atoms with Gasteiger partial charge in [-0.1, -0.05) is 19.1 Å². The van der Waals surface area contributed by atoms with Gasteiger partial charge in [-0.25, -0.2) is 9.89 Å². The van der Waals surface area contributed by atoms with E-state index < -0.39 is 16.4 Å². The molecule has 9 nitrogen and oxygen atoms in total. The molecule has 3 rings (SSSR count). The fourth-order valence-corrected chi connectivity index (χ4v) is 2.43. The number of nitrogens with one attached hydrogen (secondary N) is 1. The quantitative estimate of drug-likeness (QED) is 0.555. The van der Waals surface area contributed by atoms with Crippen LogP contribution in [0.15, 0.2) is 48.9 Å². The third kappa shape index (κ3) is 2.88. The van der Waals surface area contributed by atoms with Gasteiger partial charge in [-0.15, -0.1) is 15.3 Å². The second-order valence-corrected chi connectivity index (χ2v) is 6.01. The van der Waals surface area contributed by atoms with Crippen LogP contribution in [0.25, 0.3) is 11.0 Å². The van der Waals surface area contributed by atoms with Crippen molar-refractivity contribution in [2.45, 2.75) is 12.1 Å². The van der Waals surface area contributed by atoms with Crippen molar-refractivity contribution in [3.8, 4) is 5.75 Å². The number of benzene rings is 1. The molecule has 0 amide bonds. The van der Waals surface area contributed by atoms with Crippen molar-refractivity contribution in [2.24, 2.45) is 10.2 Å². The predicted octanol–water partition coefficient (Wildman–Crippen LogP) is 2.16. The first-order valence-corrected chi connectivity index (χ1v) is 7.89. The Morgan fingerprint density at radius 2 is 2.13 bits per heavy atom. The van der Waals surface area contributed by atoms with E-state index in [2.05, 4.69) is 25.4 Å². The summed E-state index contributed by atoms with van der Waals surface area (Å²) in [6.45, 7) is 1.73. The maximum Gasteiger partial charge on any atom is 0.368 e. The summed E-state index contributed by atoms with van der Waals surface area (Å²) in [5.74, 6) is -0.0665. The predicted molar refractivity (Wildman–Crippen MR) is 81.7 cm³/mol. The van der Waals surface area contributed by atoms with Crippen LogP contribution in [0, 0.1) is 0 Å². The van der Waals surface area contributed by atoms with E-state index in [0.29, 0.717) is 11.1 Å². The van der Waals surface area contributed by atoms with Gasteiger partial charge < -0.3 is 9.52 Å². The molecule has 2 heterocycles. The van der Waals surface area contributed by atoms with Crippen LogP contribution in [-0.2, 0) is 10.8 Å². The van der Waals surface area contributed by atoms with Gasteiger partial charge in [-0.3, -0.25) is 4.21 Å². The summed E-state index contributed by atoms with van der Waals surface area (Å²) in [7, 11) is -1.31. The Bertz CT molecular complexity index is 978. The van der Waals surface area contributed by atoms with Gasteiger partial charge in [0.15, 0.2) is 5.75 Å². The maximum absolute atomic E-state index is 11.9. The molecule has 2 aromatic heterocycles. The Morgan fingerprint density at radius 1 is 1.35 bits per heavy atom. The zero-order chi connectivity index (χ0) is 16.4. The summed E-state index contributed by atoms with van der Waals surface area (Å²) in [6, 6.07) is 6.50. The first kappa shape index (κ1) is 15.0. The van der Waals surface area contributed by atoms with E-state index in [1.54, 1.807) is 31.2 Å². The summed E-state index contributed by atoms with van der Waals surface area (Å²) < 4.78 is 16.6. The number of hydrogen-bond acceptors (Lipinski definition) is 8. The maximum atomic E-state index is 11.9. The van der Waals surface area contributed by atoms with E-state index in [1.807, 2.05) is 0 Å². The van der Waals surface area contributed by atoms with Crippen molar-refractivity contribution >= 4 is 33.4 Å². The Labute approximate surface area is 131 Å². The lowest BCUT2D eigenvalue weighted by molar-refractivity contribution is 0.469. The van der Waals surface area contributed by atoms with Crippen LogP contribution in [0.1, 0.15) is 6.92 Å². The zero-order valence-electron chi connectivity index (χ0n) is 11.9. The van der Waals surface area contributed by atoms with Crippen molar-refractivity contribution in [3.63, 3.8) is 0 Å². The summed E-state index contributed by atoms with van der Waals surface area (Å²) >= 11 is 0. The minimum absolute atomic E-state index is 0.103. The minimum Gasteiger partial charge on any atom is -0.505 e. The van der Waals surface area contributed by atoms with E-state index in [9.17, 15) is 14.1 Å². The molecule has 1 unspecified atom stereocenters. The summed E-state index contributed by atoms with van der Waals surface area (Å²) in [5, 5.41) is 24.1. The number of azo groups is 1. The third-order valence-electron chi connectivity index (χ3n) is 2.93. The lowest BCUT2D eigenvalue weighted by atomic mass is 10.2. The van der Waals surface area contributed by atoms with Gasteiger partial charge in [0.2, 0.25) is 10.8 Å². The van der Waals surface area contributed by atoms with E-state index in [1.165, 1.54) is 0 Å². The first-order valence-electron chi connectivity index (χ1n) is 6.57. The van der Waals surface area contributed by atoms with Crippen molar-refractivity contribution in [3.05, 3.63) is 34.7 Å². The highest BCUT2D eigenvalue weighted by Gasteiger charge is 2.14. The molecule has 0 bridgehead atoms. The van der Waals surface area contributed by atoms with Crippen molar-refractivity contribution < 1.29 is 13.7 Å². The fraction of sp³-hybridized carbons (Fsp3) is 0.154. The smallest absolute Gasteiger partial charge is 0.368 e. The largest absolute Gasteiger partial charge is 0.505 e. The number of nitrogens with zero attached hydrogens (tertiary/aromatic N) is 4. The molecule has 10 heteroatoms. The molecule has 0 aliphatic rings. The first-order chi connectivity index (χ1) is 11.1. The van der Waals surface area contributed by atoms with Gasteiger partial charge >= 0.3 is 5.63 Å². The number of fused-ring (bicyclic) bond motifs is 1. The fourth-order valence-electron chi connectivity index (χ4n) is 1.83. The van der Waals surface area contributed by atoms with Crippen LogP contribution in [0.3, 0.4) is 0 Å². The van der Waals surface area contributed by atoms with Gasteiger partial charge in [0.05, 0.1) is 16.2 Å². The Kier molecular flexibility index (Phi) is 3.98. The van der Waals surface area contributed by atoms with Crippen LogP contribution < -0.4 is 5.63 Å². The summed E-state index contributed by atoms with van der Waals surface area (Å²) in [4.78, 5) is 15.7. The van der Waals surface area contributed by atoms with Crippen LogP contribution in [0.2, 0.25) is 0 Å². The molecular weight excluding hydrogens is 322 g/mol. The molecule has 3 aromatic rings. The van der Waals surface area contributed by atoms with Gasteiger partial charge in [-0.2, -0.15) is 4.98 Å². The van der Waals surface area contributed by atoms with Crippen LogP contribution >= 0.6 is 0 Å². The molecule has 0 radical (unpaired) electrons. The number of aromatic nitrogens is 3. The molecule has 1 aromatic carbocycles. The van der Waals surface area contributed by atoms with Crippen LogP contribution in [-0.4, -0.2) is 30.2 Å². The molecule has 0 saturated heterocycles. The Hall–Kier alpha value is -2.88. The normalized spacial score (nSPS) is 12.9. The average molecular weight is 333 g/mol. The molecule has 0 aliphatic carbocycles. The highest BCUT2D eigenvalue weighted by Crippen LogP contribution is 2.31. The van der Waals surface area contributed by atoms with E-state index >= 15 is 0 Å². The average Bonchev–Trinajstić information content (AvgIpc) is 3.03. The highest BCUT2D eigenvalue weighted by molar-refractivity contribution is 7.84.